The summed E-state index contributed by atoms with van der Waals surface area (Å²) in [5.74, 6) is 0.700. The van der Waals surface area contributed by atoms with Gasteiger partial charge >= 0.3 is 10.1 Å². The van der Waals surface area contributed by atoms with Crippen molar-refractivity contribution in [2.24, 2.45) is 0 Å². The zero-order chi connectivity index (χ0) is 28.1. The smallest absolute Gasteiger partial charge is 0.348 e. The largest absolute Gasteiger partial charge is 0.378 e. The molecule has 3 aromatic carbocycles. The molecule has 0 bridgehead atoms. The average Bonchev–Trinajstić information content (AvgIpc) is 3.75. The molecule has 1 fully saturated rings. The fourth-order valence-corrected chi connectivity index (χ4v) is 9.41. The standard InChI is InChI=1S/C34H29NO3S3/c1-21-22(2)39-31-20-24-11-5-6-12-26(24)34(33(21)31)25-14-15-29(27(19-25)23-9-3-4-10-23)38-41(36,37)32-17-16-30(40-32)28-13-7-8-18-35-28/h5-8,11-20,23H,3-4,9-10H2,1-2H3. The van der Waals surface area contributed by atoms with E-state index >= 15 is 0 Å². The van der Waals surface area contributed by atoms with Crippen LogP contribution in [0.15, 0.2) is 89.3 Å². The van der Waals surface area contributed by atoms with Crippen molar-refractivity contribution in [2.75, 3.05) is 0 Å². The number of hydrogen-bond acceptors (Lipinski definition) is 6. The molecule has 0 atom stereocenters. The Morgan fingerprint density at radius 3 is 2.49 bits per heavy atom. The third-order valence-corrected chi connectivity index (χ3v) is 12.2. The van der Waals surface area contributed by atoms with Gasteiger partial charge in [0.2, 0.25) is 0 Å². The Bertz CT molecular complexity index is 2020. The maximum atomic E-state index is 13.5. The van der Waals surface area contributed by atoms with E-state index in [1.54, 1.807) is 18.3 Å². The number of aromatic nitrogens is 1. The van der Waals surface area contributed by atoms with Crippen LogP contribution in [0, 0.1) is 13.8 Å². The summed E-state index contributed by atoms with van der Waals surface area (Å²) in [5.41, 5.74) is 5.35. The van der Waals surface area contributed by atoms with Crippen molar-refractivity contribution >= 4 is 53.7 Å². The van der Waals surface area contributed by atoms with E-state index in [-0.39, 0.29) is 10.1 Å². The third kappa shape index (κ3) is 4.76. The highest BCUT2D eigenvalue weighted by molar-refractivity contribution is 7.89. The highest BCUT2D eigenvalue weighted by atomic mass is 32.3. The lowest BCUT2D eigenvalue weighted by molar-refractivity contribution is 0.481. The first kappa shape index (κ1) is 26.4. The number of rotatable bonds is 6. The normalized spacial score (nSPS) is 14.3. The minimum Gasteiger partial charge on any atom is -0.378 e. The molecular formula is C34H29NO3S3. The summed E-state index contributed by atoms with van der Waals surface area (Å²) >= 11 is 3.02. The molecule has 7 rings (SSSR count). The Morgan fingerprint density at radius 1 is 0.878 bits per heavy atom. The number of pyridine rings is 1. The lowest BCUT2D eigenvalue weighted by Crippen LogP contribution is -2.10. The van der Waals surface area contributed by atoms with Crippen molar-refractivity contribution in [1.82, 2.24) is 4.98 Å². The molecule has 0 radical (unpaired) electrons. The van der Waals surface area contributed by atoms with Crippen molar-refractivity contribution in [2.45, 2.75) is 49.7 Å². The van der Waals surface area contributed by atoms with Gasteiger partial charge in [0.1, 0.15) is 5.75 Å². The van der Waals surface area contributed by atoms with E-state index in [0.29, 0.717) is 5.75 Å². The molecule has 3 heterocycles. The second kappa shape index (κ2) is 10.4. The SMILES string of the molecule is Cc1sc2cc3ccccc3c(-c3ccc(OS(=O)(=O)c4ccc(-c5ccccn5)s4)c(C4CCCC4)c3)c2c1C. The van der Waals surface area contributed by atoms with E-state index in [0.717, 1.165) is 47.4 Å². The maximum absolute atomic E-state index is 13.5. The summed E-state index contributed by atoms with van der Waals surface area (Å²) in [5, 5.41) is 3.70. The van der Waals surface area contributed by atoms with Crippen LogP contribution in [-0.2, 0) is 10.1 Å². The van der Waals surface area contributed by atoms with Crippen molar-refractivity contribution in [3.05, 3.63) is 101 Å². The molecule has 0 unspecified atom stereocenters. The predicted octanol–water partition coefficient (Wildman–Crippen LogP) is 9.89. The highest BCUT2D eigenvalue weighted by Crippen LogP contribution is 2.46. The van der Waals surface area contributed by atoms with Crippen molar-refractivity contribution in [3.63, 3.8) is 0 Å². The van der Waals surface area contributed by atoms with Crippen LogP contribution in [-0.4, -0.2) is 13.4 Å². The molecule has 4 nitrogen and oxygen atoms in total. The summed E-state index contributed by atoms with van der Waals surface area (Å²) in [6.07, 6.45) is 6.05. The Labute approximate surface area is 248 Å². The molecule has 206 valence electrons. The van der Waals surface area contributed by atoms with E-state index in [1.165, 1.54) is 48.2 Å². The first-order chi connectivity index (χ1) is 19.9. The topological polar surface area (TPSA) is 56.3 Å². The molecule has 0 N–H and O–H groups in total. The number of thiophene rings is 2. The van der Waals surface area contributed by atoms with Gasteiger partial charge in [-0.1, -0.05) is 49.2 Å². The van der Waals surface area contributed by atoms with E-state index in [2.05, 4.69) is 55.2 Å². The molecule has 0 amide bonds. The van der Waals surface area contributed by atoms with E-state index in [9.17, 15) is 8.42 Å². The van der Waals surface area contributed by atoms with Crippen LogP contribution < -0.4 is 4.18 Å². The van der Waals surface area contributed by atoms with Crippen molar-refractivity contribution in [1.29, 1.82) is 0 Å². The van der Waals surface area contributed by atoms with E-state index in [1.807, 2.05) is 41.7 Å². The van der Waals surface area contributed by atoms with Gasteiger partial charge < -0.3 is 4.18 Å². The lowest BCUT2D eigenvalue weighted by atomic mass is 9.89. The molecule has 3 aromatic heterocycles. The summed E-state index contributed by atoms with van der Waals surface area (Å²) in [6.45, 7) is 4.39. The molecule has 6 aromatic rings. The van der Waals surface area contributed by atoms with Crippen molar-refractivity contribution < 1.29 is 12.6 Å². The van der Waals surface area contributed by atoms with Crippen LogP contribution in [0.3, 0.4) is 0 Å². The van der Waals surface area contributed by atoms with E-state index < -0.39 is 10.1 Å². The molecule has 7 heteroatoms. The summed E-state index contributed by atoms with van der Waals surface area (Å²) in [4.78, 5) is 6.47. The molecule has 1 aliphatic carbocycles. The summed E-state index contributed by atoms with van der Waals surface area (Å²) in [6, 6.07) is 26.0. The van der Waals surface area contributed by atoms with Gasteiger partial charge in [0.05, 0.1) is 10.6 Å². The molecular weight excluding hydrogens is 567 g/mol. The van der Waals surface area contributed by atoms with Crippen LogP contribution in [0.5, 0.6) is 5.75 Å². The van der Waals surface area contributed by atoms with Gasteiger partial charge in [-0.2, -0.15) is 8.42 Å². The predicted molar refractivity (Wildman–Crippen MR) is 171 cm³/mol. The molecule has 0 spiro atoms. The minimum absolute atomic E-state index is 0.180. The molecule has 1 saturated carbocycles. The number of aryl methyl sites for hydroxylation is 2. The van der Waals surface area contributed by atoms with Gasteiger partial charge in [0.25, 0.3) is 0 Å². The second-order valence-corrected chi connectivity index (χ2v) is 14.8. The number of hydrogen-bond donors (Lipinski definition) is 0. The molecule has 1 aliphatic rings. The average molecular weight is 596 g/mol. The van der Waals surface area contributed by atoms with Gasteiger partial charge in [-0.3, -0.25) is 4.98 Å². The van der Waals surface area contributed by atoms with Gasteiger partial charge in [0.15, 0.2) is 4.21 Å². The Kier molecular flexibility index (Phi) is 6.69. The Hall–Kier alpha value is -3.52. The van der Waals surface area contributed by atoms with E-state index in [4.69, 9.17) is 4.18 Å². The first-order valence-corrected chi connectivity index (χ1v) is 16.9. The maximum Gasteiger partial charge on any atom is 0.348 e. The molecule has 41 heavy (non-hydrogen) atoms. The lowest BCUT2D eigenvalue weighted by Gasteiger charge is -2.18. The van der Waals surface area contributed by atoms with Crippen LogP contribution in [0.2, 0.25) is 0 Å². The van der Waals surface area contributed by atoms with Gasteiger partial charge in [-0.05, 0) is 108 Å². The van der Waals surface area contributed by atoms with Crippen molar-refractivity contribution in [3.8, 4) is 27.4 Å². The minimum atomic E-state index is -4.01. The van der Waals surface area contributed by atoms with Crippen LogP contribution in [0.25, 0.3) is 42.6 Å². The van der Waals surface area contributed by atoms with Gasteiger partial charge in [-0.15, -0.1) is 22.7 Å². The number of fused-ring (bicyclic) bond motifs is 2. The van der Waals surface area contributed by atoms with Crippen LogP contribution in [0.4, 0.5) is 0 Å². The monoisotopic (exact) mass is 595 g/mol. The quantitative estimate of drug-likeness (QED) is 0.180. The second-order valence-electron chi connectivity index (χ2n) is 10.7. The van der Waals surface area contributed by atoms with Crippen LogP contribution in [0.1, 0.15) is 47.6 Å². The fourth-order valence-electron chi connectivity index (χ4n) is 6.09. The van der Waals surface area contributed by atoms with Gasteiger partial charge in [0, 0.05) is 21.2 Å². The van der Waals surface area contributed by atoms with Gasteiger partial charge in [-0.25, -0.2) is 0 Å². The third-order valence-electron chi connectivity index (χ3n) is 8.22. The molecule has 0 saturated heterocycles. The highest BCUT2D eigenvalue weighted by Gasteiger charge is 2.27. The zero-order valence-corrected chi connectivity index (χ0v) is 25.3. The Balaban J connectivity index is 1.34. The summed E-state index contributed by atoms with van der Waals surface area (Å²) < 4.78 is 34.5. The first-order valence-electron chi connectivity index (χ1n) is 13.9. The number of benzene rings is 3. The molecule has 0 aliphatic heterocycles. The Morgan fingerprint density at radius 2 is 1.68 bits per heavy atom. The fraction of sp³-hybridized carbons (Fsp3) is 0.206. The summed E-state index contributed by atoms with van der Waals surface area (Å²) in [7, 11) is -4.01. The number of nitrogens with zero attached hydrogens (tertiary/aromatic N) is 1. The zero-order valence-electron chi connectivity index (χ0n) is 22.9. The van der Waals surface area contributed by atoms with Crippen LogP contribution >= 0.6 is 22.7 Å².